The Balaban J connectivity index is 1.37. The molecule has 3 aromatic rings. The third-order valence-electron chi connectivity index (χ3n) is 4.87. The fourth-order valence-corrected chi connectivity index (χ4v) is 3.46. The number of anilines is 2. The van der Waals surface area contributed by atoms with Crippen LogP contribution in [0.4, 0.5) is 16.1 Å². The highest BCUT2D eigenvalue weighted by molar-refractivity contribution is 5.96. The molecule has 1 fully saturated rings. The molecule has 0 radical (unpaired) electrons. The zero-order valence-corrected chi connectivity index (χ0v) is 16.9. The van der Waals surface area contributed by atoms with E-state index in [4.69, 9.17) is 9.15 Å². The number of aromatic nitrogens is 2. The van der Waals surface area contributed by atoms with Crippen LogP contribution in [0.15, 0.2) is 52.9 Å². The van der Waals surface area contributed by atoms with Crippen molar-refractivity contribution >= 4 is 23.5 Å². The van der Waals surface area contributed by atoms with Crippen molar-refractivity contribution < 1.29 is 23.1 Å². The number of hydrogen-bond acceptors (Lipinski definition) is 6. The molecule has 1 saturated heterocycles. The molecule has 0 aliphatic carbocycles. The van der Waals surface area contributed by atoms with Crippen LogP contribution in [-0.4, -0.2) is 35.2 Å². The van der Waals surface area contributed by atoms with Crippen LogP contribution in [0.5, 0.6) is 5.75 Å². The summed E-state index contributed by atoms with van der Waals surface area (Å²) in [6.07, 6.45) is 0.203. The molecule has 0 spiro atoms. The van der Waals surface area contributed by atoms with Gasteiger partial charge in [0.15, 0.2) is 0 Å². The van der Waals surface area contributed by atoms with Crippen LogP contribution in [-0.2, 0) is 16.0 Å². The van der Waals surface area contributed by atoms with Gasteiger partial charge in [-0.25, -0.2) is 4.39 Å². The number of nitrogens with one attached hydrogen (secondary N) is 1. The maximum atomic E-state index is 13.3. The lowest BCUT2D eigenvalue weighted by molar-refractivity contribution is -0.117. The molecule has 2 amide bonds. The molecule has 9 heteroatoms. The summed E-state index contributed by atoms with van der Waals surface area (Å²) in [5.41, 5.74) is 1.30. The fraction of sp³-hybridized carbons (Fsp3) is 0.273. The molecular weight excluding hydrogens is 403 g/mol. The van der Waals surface area contributed by atoms with E-state index >= 15 is 0 Å². The van der Waals surface area contributed by atoms with Crippen LogP contribution in [0.3, 0.4) is 0 Å². The van der Waals surface area contributed by atoms with Gasteiger partial charge in [-0.05, 0) is 48.9 Å². The van der Waals surface area contributed by atoms with Gasteiger partial charge in [0.2, 0.25) is 17.7 Å². The molecule has 1 N–H and O–H groups in total. The van der Waals surface area contributed by atoms with E-state index in [1.165, 1.54) is 18.2 Å². The van der Waals surface area contributed by atoms with Crippen molar-refractivity contribution in [1.29, 1.82) is 0 Å². The Kier molecular flexibility index (Phi) is 5.92. The van der Waals surface area contributed by atoms with Gasteiger partial charge in [0.1, 0.15) is 11.6 Å². The van der Waals surface area contributed by atoms with Gasteiger partial charge in [-0.3, -0.25) is 14.9 Å². The Labute approximate surface area is 178 Å². The monoisotopic (exact) mass is 424 g/mol. The Morgan fingerprint density at radius 2 is 2.06 bits per heavy atom. The van der Waals surface area contributed by atoms with Crippen molar-refractivity contribution in [3.05, 3.63) is 65.8 Å². The normalized spacial score (nSPS) is 15.9. The summed E-state index contributed by atoms with van der Waals surface area (Å²) < 4.78 is 24.2. The quantitative estimate of drug-likeness (QED) is 0.625. The fourth-order valence-electron chi connectivity index (χ4n) is 3.46. The third kappa shape index (κ3) is 4.88. The molecule has 2 aromatic carbocycles. The van der Waals surface area contributed by atoms with E-state index < -0.39 is 11.7 Å². The minimum Gasteiger partial charge on any atom is -0.494 e. The third-order valence-corrected chi connectivity index (χ3v) is 4.87. The van der Waals surface area contributed by atoms with E-state index in [-0.39, 0.29) is 36.6 Å². The van der Waals surface area contributed by atoms with E-state index in [0.717, 1.165) is 11.4 Å². The van der Waals surface area contributed by atoms with Gasteiger partial charge in [-0.15, -0.1) is 5.10 Å². The summed E-state index contributed by atoms with van der Waals surface area (Å²) in [5, 5.41) is 10.3. The Morgan fingerprint density at radius 1 is 1.26 bits per heavy atom. The minimum atomic E-state index is -0.409. The van der Waals surface area contributed by atoms with E-state index in [2.05, 4.69) is 15.5 Å². The largest absolute Gasteiger partial charge is 0.494 e. The van der Waals surface area contributed by atoms with Crippen LogP contribution in [0.25, 0.3) is 0 Å². The summed E-state index contributed by atoms with van der Waals surface area (Å²) in [7, 11) is 0. The van der Waals surface area contributed by atoms with E-state index in [1.807, 2.05) is 31.2 Å². The van der Waals surface area contributed by atoms with Gasteiger partial charge in [0.05, 0.1) is 18.9 Å². The van der Waals surface area contributed by atoms with Gasteiger partial charge in [-0.2, -0.15) is 0 Å². The van der Waals surface area contributed by atoms with Crippen molar-refractivity contribution in [2.24, 2.45) is 0 Å². The Bertz CT molecular complexity index is 1080. The average Bonchev–Trinajstić information content (AvgIpc) is 3.35. The zero-order valence-electron chi connectivity index (χ0n) is 16.9. The first-order valence-electron chi connectivity index (χ1n) is 9.92. The standard InChI is InChI=1S/C22H21FN4O4/c1-2-30-18-8-6-17(7-9-18)27-13-15(12-20(27)29)21-25-26-22(31-21)24-19(28)11-14-4-3-5-16(23)10-14/h3-10,15H,2,11-13H2,1H3,(H,24,26,28)/t15-/m1/s1. The number of carbonyl (C=O) groups is 2. The number of rotatable bonds is 7. The highest BCUT2D eigenvalue weighted by Crippen LogP contribution is 2.32. The predicted molar refractivity (Wildman–Crippen MR) is 110 cm³/mol. The molecule has 31 heavy (non-hydrogen) atoms. The topological polar surface area (TPSA) is 97.6 Å². The highest BCUT2D eigenvalue weighted by atomic mass is 19.1. The number of benzene rings is 2. The number of hydrogen-bond donors (Lipinski definition) is 1. The first-order valence-corrected chi connectivity index (χ1v) is 9.92. The van der Waals surface area contributed by atoms with Crippen molar-refractivity contribution in [3.8, 4) is 5.75 Å². The second kappa shape index (κ2) is 8.95. The number of carbonyl (C=O) groups excluding carboxylic acids is 2. The van der Waals surface area contributed by atoms with E-state index in [9.17, 15) is 14.0 Å². The van der Waals surface area contributed by atoms with Crippen molar-refractivity contribution in [1.82, 2.24) is 10.2 Å². The van der Waals surface area contributed by atoms with Gasteiger partial charge >= 0.3 is 6.01 Å². The summed E-state index contributed by atoms with van der Waals surface area (Å²) in [4.78, 5) is 26.3. The molecule has 8 nitrogen and oxygen atoms in total. The van der Waals surface area contributed by atoms with Crippen LogP contribution < -0.4 is 15.0 Å². The highest BCUT2D eigenvalue weighted by Gasteiger charge is 2.35. The lowest BCUT2D eigenvalue weighted by Gasteiger charge is -2.16. The summed E-state index contributed by atoms with van der Waals surface area (Å²) in [6, 6.07) is 13.0. The second-order valence-corrected chi connectivity index (χ2v) is 7.13. The summed E-state index contributed by atoms with van der Waals surface area (Å²) in [6.45, 7) is 2.87. The maximum absolute atomic E-state index is 13.3. The zero-order chi connectivity index (χ0) is 21.8. The smallest absolute Gasteiger partial charge is 0.322 e. The molecule has 0 unspecified atom stereocenters. The number of nitrogens with zero attached hydrogens (tertiary/aromatic N) is 3. The van der Waals surface area contributed by atoms with Crippen LogP contribution in [0, 0.1) is 5.82 Å². The Morgan fingerprint density at radius 3 is 2.81 bits per heavy atom. The maximum Gasteiger partial charge on any atom is 0.322 e. The molecule has 1 aliphatic rings. The molecule has 0 bridgehead atoms. The van der Waals surface area contributed by atoms with Crippen LogP contribution >= 0.6 is 0 Å². The summed E-state index contributed by atoms with van der Waals surface area (Å²) in [5.74, 6) is -0.120. The number of ether oxygens (including phenoxy) is 1. The second-order valence-electron chi connectivity index (χ2n) is 7.13. The van der Waals surface area contributed by atoms with Gasteiger partial charge in [0, 0.05) is 18.7 Å². The SMILES string of the molecule is CCOc1ccc(N2C[C@H](c3nnc(NC(=O)Cc4cccc(F)c4)o3)CC2=O)cc1. The van der Waals surface area contributed by atoms with Crippen molar-refractivity contribution in [2.75, 3.05) is 23.4 Å². The van der Waals surface area contributed by atoms with Gasteiger partial charge in [0.25, 0.3) is 0 Å². The molecule has 4 rings (SSSR count). The van der Waals surface area contributed by atoms with Gasteiger partial charge < -0.3 is 14.1 Å². The van der Waals surface area contributed by atoms with Crippen molar-refractivity contribution in [3.63, 3.8) is 0 Å². The van der Waals surface area contributed by atoms with E-state index in [0.29, 0.717) is 18.7 Å². The number of halogens is 1. The lowest BCUT2D eigenvalue weighted by Crippen LogP contribution is -2.24. The predicted octanol–water partition coefficient (Wildman–Crippen LogP) is 3.31. The molecule has 1 atom stereocenters. The molecule has 1 aromatic heterocycles. The minimum absolute atomic E-state index is 0.0249. The van der Waals surface area contributed by atoms with Gasteiger partial charge in [-0.1, -0.05) is 17.2 Å². The summed E-state index contributed by atoms with van der Waals surface area (Å²) >= 11 is 0. The first-order chi connectivity index (χ1) is 15.0. The molecular formula is C22H21FN4O4. The lowest BCUT2D eigenvalue weighted by atomic mass is 10.1. The molecule has 0 saturated carbocycles. The van der Waals surface area contributed by atoms with Crippen molar-refractivity contribution in [2.45, 2.75) is 25.7 Å². The molecule has 160 valence electrons. The van der Waals surface area contributed by atoms with Crippen LogP contribution in [0.2, 0.25) is 0 Å². The first kappa shape index (κ1) is 20.5. The number of amides is 2. The molecule has 1 aliphatic heterocycles. The van der Waals surface area contributed by atoms with Crippen LogP contribution in [0.1, 0.15) is 30.7 Å². The van der Waals surface area contributed by atoms with E-state index in [1.54, 1.807) is 11.0 Å². The Hall–Kier alpha value is -3.75. The average molecular weight is 424 g/mol. The molecule has 2 heterocycles.